The van der Waals surface area contributed by atoms with Crippen LogP contribution in [0.15, 0.2) is 24.3 Å². The largest absolute Gasteiger partial charge is 0.472 e. The smallest absolute Gasteiger partial charge is 0.462 e. The number of aliphatic hydroxyl groups excluding tert-OH is 2. The van der Waals surface area contributed by atoms with Crippen LogP contribution in [0.5, 0.6) is 0 Å². The zero-order valence-electron chi connectivity index (χ0n) is 71.5. The average Bonchev–Trinajstić information content (AvgIpc) is 1.66. The lowest BCUT2D eigenvalue weighted by Gasteiger charge is -2.23. The standard InChI is InChI=1S/C85H160N4O22P2/c1-9-15-21-27-30-33-36-42-48-54-76(109-80(95)56-50-44-38-35-32-29-23-17-11-3)66-78(93)89-72(68-103-62-58-74(91)52-46-40-25-19-13-5)70-107-113(100,101)105-64-60-87-84(97)82-81(110-85(7,8)111-82)83(96)86-59-63-104-112(98,99)106-69-71(67-102-61-57-73(90)51-45-39-24-18-12-4)88-77(92)65-75(53-47-41-26-20-14-6)108-79(94)55-49-43-37-34-31-28-22-16-10-2/h34-35,37-38,71-76,81-82,90-91H,9-33,36,39-70H2,1-8H3,(H,86,96)(H,87,97)(H,88,92)(H,89,93)(H,98,99)(H,100,101)/t71?,72?,73-,74-,75-,76-,81+,82+/m1/s1. The number of carbonyl (C=O) groups is 6. The van der Waals surface area contributed by atoms with Crippen molar-refractivity contribution >= 4 is 51.2 Å². The molecule has 0 aromatic heterocycles. The van der Waals surface area contributed by atoms with Gasteiger partial charge in [-0.2, -0.15) is 0 Å². The first-order valence-corrected chi connectivity index (χ1v) is 47.3. The van der Waals surface area contributed by atoms with Crippen molar-refractivity contribution in [2.24, 2.45) is 0 Å². The Hall–Kier alpha value is -3.72. The maximum absolute atomic E-state index is 13.9. The molecule has 26 nitrogen and oxygen atoms in total. The van der Waals surface area contributed by atoms with E-state index in [1.165, 1.54) is 78.1 Å². The van der Waals surface area contributed by atoms with Crippen molar-refractivity contribution in [2.45, 2.75) is 418 Å². The topological polar surface area (TPSA) is 358 Å². The first-order chi connectivity index (χ1) is 54.4. The highest BCUT2D eigenvalue weighted by Gasteiger charge is 2.49. The van der Waals surface area contributed by atoms with Crippen LogP contribution in [0.4, 0.5) is 0 Å². The highest BCUT2D eigenvalue weighted by molar-refractivity contribution is 7.47. The maximum atomic E-state index is 13.9. The molecule has 1 rings (SSSR count). The summed E-state index contributed by atoms with van der Waals surface area (Å²) in [6, 6.07) is -1.97. The third-order valence-corrected chi connectivity index (χ3v) is 21.6. The van der Waals surface area contributed by atoms with Crippen LogP contribution in [0.2, 0.25) is 0 Å². The van der Waals surface area contributed by atoms with E-state index in [4.69, 9.17) is 46.5 Å². The van der Waals surface area contributed by atoms with E-state index in [1.807, 2.05) is 0 Å². The Morgan fingerprint density at radius 1 is 0.389 bits per heavy atom. The van der Waals surface area contributed by atoms with E-state index in [1.54, 1.807) is 0 Å². The number of allylic oxidation sites excluding steroid dienone is 4. The van der Waals surface area contributed by atoms with Gasteiger partial charge in [-0.05, 0) is 117 Å². The van der Waals surface area contributed by atoms with E-state index in [0.717, 1.165) is 167 Å². The van der Waals surface area contributed by atoms with E-state index in [0.29, 0.717) is 51.4 Å². The zero-order chi connectivity index (χ0) is 83.3. The molecule has 0 aromatic rings. The quantitative estimate of drug-likeness (QED) is 0.0121. The third-order valence-electron chi connectivity index (χ3n) is 19.6. The Morgan fingerprint density at radius 2 is 0.690 bits per heavy atom. The summed E-state index contributed by atoms with van der Waals surface area (Å²) in [6.07, 6.45) is 45.0. The molecule has 1 aliphatic heterocycles. The molecule has 1 saturated heterocycles. The highest BCUT2D eigenvalue weighted by Crippen LogP contribution is 2.44. The first-order valence-electron chi connectivity index (χ1n) is 44.4. The second-order valence-electron chi connectivity index (χ2n) is 31.1. The van der Waals surface area contributed by atoms with Gasteiger partial charge < -0.3 is 69.7 Å². The molecule has 1 aliphatic rings. The summed E-state index contributed by atoms with van der Waals surface area (Å²) in [5, 5.41) is 32.0. The molecule has 4 amide bonds. The number of amides is 4. The van der Waals surface area contributed by atoms with Crippen molar-refractivity contribution in [3.8, 4) is 0 Å². The number of esters is 2. The van der Waals surface area contributed by atoms with E-state index in [9.17, 15) is 57.9 Å². The first kappa shape index (κ1) is 107. The monoisotopic (exact) mass is 1650 g/mol. The minimum atomic E-state index is -4.88. The molecule has 662 valence electrons. The van der Waals surface area contributed by atoms with Crippen molar-refractivity contribution in [3.63, 3.8) is 0 Å². The van der Waals surface area contributed by atoms with Gasteiger partial charge in [0.25, 0.3) is 11.8 Å². The van der Waals surface area contributed by atoms with Crippen molar-refractivity contribution in [2.75, 3.05) is 65.9 Å². The molecule has 8 N–H and O–H groups in total. The molecule has 0 aromatic carbocycles. The normalized spacial score (nSPS) is 17.0. The molecule has 1 fully saturated rings. The lowest BCUT2D eigenvalue weighted by Crippen LogP contribution is -2.48. The van der Waals surface area contributed by atoms with Crippen LogP contribution in [0, 0.1) is 0 Å². The van der Waals surface area contributed by atoms with Gasteiger partial charge in [-0.25, -0.2) is 9.13 Å². The number of aliphatic hydroxyl groups is 2. The molecule has 10 atom stereocenters. The van der Waals surface area contributed by atoms with Crippen molar-refractivity contribution < 1.29 is 104 Å². The molecule has 0 bridgehead atoms. The van der Waals surface area contributed by atoms with Crippen LogP contribution >= 0.6 is 15.6 Å². The molecule has 0 aliphatic carbocycles. The molecular formula is C85H160N4O22P2. The predicted octanol–water partition coefficient (Wildman–Crippen LogP) is 17.5. The third kappa shape index (κ3) is 64.0. The van der Waals surface area contributed by atoms with Gasteiger partial charge in [-0.1, -0.05) is 246 Å². The summed E-state index contributed by atoms with van der Waals surface area (Å²) in [5.41, 5.74) is 0. The Kier molecular flexibility index (Phi) is 67.6. The average molecular weight is 1650 g/mol. The Labute approximate surface area is 682 Å². The number of phosphoric acid groups is 2. The van der Waals surface area contributed by atoms with Crippen LogP contribution in [0.3, 0.4) is 0 Å². The second-order valence-corrected chi connectivity index (χ2v) is 34.0. The summed E-state index contributed by atoms with van der Waals surface area (Å²) in [5.74, 6) is -4.90. The summed E-state index contributed by atoms with van der Waals surface area (Å²) >= 11 is 0. The van der Waals surface area contributed by atoms with Crippen LogP contribution < -0.4 is 21.3 Å². The van der Waals surface area contributed by atoms with E-state index >= 15 is 0 Å². The van der Waals surface area contributed by atoms with Gasteiger partial charge in [-0.3, -0.25) is 46.9 Å². The van der Waals surface area contributed by atoms with Crippen molar-refractivity contribution in [1.82, 2.24) is 21.3 Å². The lowest BCUT2D eigenvalue weighted by atomic mass is 10.0. The van der Waals surface area contributed by atoms with Crippen molar-refractivity contribution in [3.05, 3.63) is 24.3 Å². The van der Waals surface area contributed by atoms with Gasteiger partial charge in [0.15, 0.2) is 18.0 Å². The second kappa shape index (κ2) is 71.2. The fourth-order valence-corrected chi connectivity index (χ4v) is 14.5. The van der Waals surface area contributed by atoms with E-state index in [-0.39, 0.29) is 71.2 Å². The van der Waals surface area contributed by atoms with Gasteiger partial charge in [0.05, 0.1) is 76.8 Å². The van der Waals surface area contributed by atoms with E-state index < -0.39 is 126 Å². The van der Waals surface area contributed by atoms with Crippen LogP contribution in [0.1, 0.15) is 364 Å². The number of hydrogen-bond acceptors (Lipinski definition) is 20. The summed E-state index contributed by atoms with van der Waals surface area (Å²) in [6.45, 7) is 12.9. The molecule has 0 spiro atoms. The fraction of sp³-hybridized carbons (Fsp3) is 0.882. The fourth-order valence-electron chi connectivity index (χ4n) is 13.0. The lowest BCUT2D eigenvalue weighted by molar-refractivity contribution is -0.159. The summed E-state index contributed by atoms with van der Waals surface area (Å²) in [7, 11) is -9.75. The van der Waals surface area contributed by atoms with Gasteiger partial charge in [0.2, 0.25) is 11.8 Å². The SMILES string of the molecule is CCCCCCC=CCCCC(=O)O[C@H](CCCCCCC)CC(=O)NC(COCC[C@H](O)CCCCCCC)COP(=O)(O)OCCNC(=O)[C@H]1OC(C)(C)O[C@@H]1C(=O)NCCOP(=O)(O)OCC(COCC[C@H](O)CCCCCCC)NC(=O)C[C@@H](CCCCCCCCCCC)OC(=O)CCCC=CCCCCCC. The minimum Gasteiger partial charge on any atom is -0.462 e. The number of carbonyl (C=O) groups excluding carboxylic acids is 6. The Bertz CT molecular complexity index is 2550. The number of unbranched alkanes of at least 4 members (excludes halogenated alkanes) is 30. The van der Waals surface area contributed by atoms with Gasteiger partial charge in [-0.15, -0.1) is 0 Å². The van der Waals surface area contributed by atoms with E-state index in [2.05, 4.69) is 87.1 Å². The number of nitrogens with one attached hydrogen (secondary N) is 4. The summed E-state index contributed by atoms with van der Waals surface area (Å²) < 4.78 is 83.2. The van der Waals surface area contributed by atoms with Gasteiger partial charge in [0.1, 0.15) is 12.2 Å². The van der Waals surface area contributed by atoms with Crippen LogP contribution in [-0.4, -0.2) is 176 Å². The number of ether oxygens (including phenoxy) is 6. The molecule has 0 saturated carbocycles. The molecule has 4 unspecified atom stereocenters. The highest BCUT2D eigenvalue weighted by atomic mass is 31.2. The Balaban J connectivity index is 3.08. The minimum absolute atomic E-state index is 0.132. The molecule has 28 heteroatoms. The summed E-state index contributed by atoms with van der Waals surface area (Å²) in [4.78, 5) is 103. The predicted molar refractivity (Wildman–Crippen MR) is 445 cm³/mol. The van der Waals surface area contributed by atoms with Crippen LogP contribution in [-0.2, 0) is 84.4 Å². The number of phosphoric ester groups is 2. The number of rotatable bonds is 80. The van der Waals surface area contributed by atoms with Gasteiger partial charge >= 0.3 is 27.6 Å². The molecule has 113 heavy (non-hydrogen) atoms. The maximum Gasteiger partial charge on any atom is 0.472 e. The van der Waals surface area contributed by atoms with Crippen molar-refractivity contribution in [1.29, 1.82) is 0 Å². The zero-order valence-corrected chi connectivity index (χ0v) is 73.3. The number of hydrogen-bond donors (Lipinski definition) is 8. The van der Waals surface area contributed by atoms with Crippen LogP contribution in [0.25, 0.3) is 0 Å². The Morgan fingerprint density at radius 3 is 1.03 bits per heavy atom. The molecule has 1 heterocycles. The molecular weight excluding hydrogens is 1490 g/mol. The molecule has 0 radical (unpaired) electrons. The van der Waals surface area contributed by atoms with Gasteiger partial charge in [0, 0.05) is 39.1 Å².